The van der Waals surface area contributed by atoms with Crippen molar-refractivity contribution in [2.45, 2.75) is 6.92 Å². The largest absolute Gasteiger partial charge is 0.325 e. The van der Waals surface area contributed by atoms with Gasteiger partial charge in [0.15, 0.2) is 0 Å². The van der Waals surface area contributed by atoms with Crippen LogP contribution in [0.25, 0.3) is 10.2 Å². The van der Waals surface area contributed by atoms with E-state index in [1.54, 1.807) is 0 Å². The minimum absolute atomic E-state index is 0.660. The monoisotopic (exact) mass is 222 g/mol. The second-order valence-electron chi connectivity index (χ2n) is 2.97. The Labute approximate surface area is 91.1 Å². The fraction of sp³-hybridized carbons (Fsp3) is 0.200. The van der Waals surface area contributed by atoms with Crippen molar-refractivity contribution >= 4 is 33.1 Å². The summed E-state index contributed by atoms with van der Waals surface area (Å²) in [6.07, 6.45) is 1.23. The molecular formula is C10H10N2O2S. The molecule has 0 fully saturated rings. The number of benzene rings is 1. The van der Waals surface area contributed by atoms with Crippen molar-refractivity contribution in [2.24, 2.45) is 4.99 Å². The summed E-state index contributed by atoms with van der Waals surface area (Å²) in [6.45, 7) is 2.05. The number of thiazole rings is 1. The lowest BCUT2D eigenvalue weighted by Gasteiger charge is -1.88. The standard InChI is InChI=1S/C10H10N2O2S/c1-7-3-4-8-9(5-7)15-10(12-8)11-6-14-13-2/h3-6H,1-2H3/b11-6+. The second-order valence-corrected chi connectivity index (χ2v) is 3.97. The predicted octanol–water partition coefficient (Wildman–Crippen LogP) is 2.84. The van der Waals surface area contributed by atoms with E-state index < -0.39 is 0 Å². The van der Waals surface area contributed by atoms with Crippen LogP contribution in [0.1, 0.15) is 5.56 Å². The quantitative estimate of drug-likeness (QED) is 0.347. The Kier molecular flexibility index (Phi) is 2.94. The van der Waals surface area contributed by atoms with Crippen LogP contribution in [0.5, 0.6) is 0 Å². The first-order chi connectivity index (χ1) is 7.29. The number of aryl methyl sites for hydroxylation is 1. The summed E-state index contributed by atoms with van der Waals surface area (Å²) in [7, 11) is 1.42. The highest BCUT2D eigenvalue weighted by molar-refractivity contribution is 7.22. The molecule has 1 aromatic carbocycles. The zero-order valence-electron chi connectivity index (χ0n) is 8.43. The molecule has 2 rings (SSSR count). The summed E-state index contributed by atoms with van der Waals surface area (Å²) in [5.41, 5.74) is 2.17. The zero-order chi connectivity index (χ0) is 10.7. The number of fused-ring (bicyclic) bond motifs is 1. The predicted molar refractivity (Wildman–Crippen MR) is 60.6 cm³/mol. The summed E-state index contributed by atoms with van der Waals surface area (Å²) in [5, 5.41) is 0.660. The first kappa shape index (κ1) is 10.1. The molecule has 2 aromatic rings. The normalized spacial score (nSPS) is 11.3. The molecule has 4 nitrogen and oxygen atoms in total. The van der Waals surface area contributed by atoms with Gasteiger partial charge in [-0.3, -0.25) is 0 Å². The summed E-state index contributed by atoms with van der Waals surface area (Å²) in [4.78, 5) is 17.2. The van der Waals surface area contributed by atoms with Gasteiger partial charge in [-0.05, 0) is 24.6 Å². The number of nitrogens with zero attached hydrogens (tertiary/aromatic N) is 2. The number of rotatable bonds is 3. The van der Waals surface area contributed by atoms with E-state index in [1.165, 1.54) is 30.4 Å². The Morgan fingerprint density at radius 2 is 2.33 bits per heavy atom. The lowest BCUT2D eigenvalue weighted by atomic mass is 10.2. The first-order valence-corrected chi connectivity index (χ1v) is 5.20. The minimum Gasteiger partial charge on any atom is -0.325 e. The van der Waals surface area contributed by atoms with Crippen molar-refractivity contribution in [3.05, 3.63) is 23.8 Å². The van der Waals surface area contributed by atoms with Crippen LogP contribution in [0.2, 0.25) is 0 Å². The topological polar surface area (TPSA) is 43.7 Å². The molecule has 0 aliphatic heterocycles. The lowest BCUT2D eigenvalue weighted by Crippen LogP contribution is -1.82. The van der Waals surface area contributed by atoms with Gasteiger partial charge in [-0.1, -0.05) is 17.4 Å². The molecule has 1 heterocycles. The van der Waals surface area contributed by atoms with Crippen LogP contribution in [0.3, 0.4) is 0 Å². The van der Waals surface area contributed by atoms with Gasteiger partial charge in [-0.15, -0.1) is 0 Å². The molecule has 0 aliphatic carbocycles. The zero-order valence-corrected chi connectivity index (χ0v) is 9.25. The molecule has 5 heteroatoms. The van der Waals surface area contributed by atoms with E-state index in [0.29, 0.717) is 5.13 Å². The van der Waals surface area contributed by atoms with Crippen molar-refractivity contribution in [1.82, 2.24) is 4.98 Å². The number of aliphatic imine (C=N–C) groups is 1. The fourth-order valence-electron chi connectivity index (χ4n) is 1.18. The van der Waals surface area contributed by atoms with E-state index in [9.17, 15) is 0 Å². The molecular weight excluding hydrogens is 212 g/mol. The third-order valence-electron chi connectivity index (χ3n) is 1.84. The molecule has 0 spiro atoms. The van der Waals surface area contributed by atoms with E-state index in [0.717, 1.165) is 10.2 Å². The highest BCUT2D eigenvalue weighted by Crippen LogP contribution is 2.28. The van der Waals surface area contributed by atoms with Crippen molar-refractivity contribution in [3.8, 4) is 0 Å². The van der Waals surface area contributed by atoms with Gasteiger partial charge in [0.25, 0.3) is 0 Å². The van der Waals surface area contributed by atoms with E-state index in [1.807, 2.05) is 12.1 Å². The molecule has 0 saturated carbocycles. The molecule has 0 aliphatic rings. The van der Waals surface area contributed by atoms with Gasteiger partial charge in [0.1, 0.15) is 0 Å². The average molecular weight is 222 g/mol. The highest BCUT2D eigenvalue weighted by Gasteiger charge is 2.01. The maximum Gasteiger partial charge on any atom is 0.222 e. The van der Waals surface area contributed by atoms with Gasteiger partial charge in [0, 0.05) is 0 Å². The van der Waals surface area contributed by atoms with E-state index in [-0.39, 0.29) is 0 Å². The van der Waals surface area contributed by atoms with Crippen molar-refractivity contribution in [1.29, 1.82) is 0 Å². The molecule has 0 atom stereocenters. The SMILES string of the molecule is COO/C=N/c1nc2ccc(C)cc2s1. The molecule has 0 radical (unpaired) electrons. The molecule has 0 saturated heterocycles. The van der Waals surface area contributed by atoms with Gasteiger partial charge in [-0.2, -0.15) is 9.88 Å². The minimum atomic E-state index is 0.660. The molecule has 0 amide bonds. The molecule has 1 aromatic heterocycles. The summed E-state index contributed by atoms with van der Waals surface area (Å²) < 4.78 is 1.12. The van der Waals surface area contributed by atoms with Crippen LogP contribution in [0, 0.1) is 6.92 Å². The Hall–Kier alpha value is -1.46. The van der Waals surface area contributed by atoms with Crippen LogP contribution in [-0.4, -0.2) is 18.5 Å². The lowest BCUT2D eigenvalue weighted by molar-refractivity contribution is -0.187. The van der Waals surface area contributed by atoms with E-state index in [4.69, 9.17) is 0 Å². The van der Waals surface area contributed by atoms with Crippen molar-refractivity contribution in [2.75, 3.05) is 7.11 Å². The van der Waals surface area contributed by atoms with Gasteiger partial charge in [0.05, 0.1) is 17.3 Å². The van der Waals surface area contributed by atoms with Gasteiger partial charge in [-0.25, -0.2) is 4.98 Å². The maximum atomic E-state index is 4.53. The summed E-state index contributed by atoms with van der Waals surface area (Å²) >= 11 is 1.52. The number of hydrogen-bond donors (Lipinski definition) is 0. The molecule has 0 N–H and O–H groups in total. The molecule has 78 valence electrons. The fourth-order valence-corrected chi connectivity index (χ4v) is 2.08. The van der Waals surface area contributed by atoms with Gasteiger partial charge < -0.3 is 4.89 Å². The van der Waals surface area contributed by atoms with Crippen LogP contribution >= 0.6 is 11.3 Å². The van der Waals surface area contributed by atoms with Crippen LogP contribution in [0.4, 0.5) is 5.13 Å². The van der Waals surface area contributed by atoms with Crippen LogP contribution in [-0.2, 0) is 9.78 Å². The third kappa shape index (κ3) is 2.31. The van der Waals surface area contributed by atoms with Crippen LogP contribution in [0.15, 0.2) is 23.2 Å². The van der Waals surface area contributed by atoms with Crippen LogP contribution < -0.4 is 0 Å². The Morgan fingerprint density at radius 1 is 1.47 bits per heavy atom. The Balaban J connectivity index is 2.30. The molecule has 0 bridgehead atoms. The van der Waals surface area contributed by atoms with Crippen molar-refractivity contribution in [3.63, 3.8) is 0 Å². The smallest absolute Gasteiger partial charge is 0.222 e. The highest BCUT2D eigenvalue weighted by atomic mass is 32.1. The summed E-state index contributed by atoms with van der Waals surface area (Å²) in [5.74, 6) is 0. The summed E-state index contributed by atoms with van der Waals surface area (Å²) in [6, 6.07) is 6.10. The second kappa shape index (κ2) is 4.37. The number of aromatic nitrogens is 1. The van der Waals surface area contributed by atoms with E-state index in [2.05, 4.69) is 32.7 Å². The van der Waals surface area contributed by atoms with Gasteiger partial charge >= 0.3 is 0 Å². The first-order valence-electron chi connectivity index (χ1n) is 4.39. The van der Waals surface area contributed by atoms with Crippen molar-refractivity contribution < 1.29 is 9.78 Å². The molecule has 0 unspecified atom stereocenters. The Bertz CT molecular complexity index is 493. The third-order valence-corrected chi connectivity index (χ3v) is 2.76. The Morgan fingerprint density at radius 3 is 3.13 bits per heavy atom. The average Bonchev–Trinajstić information content (AvgIpc) is 2.60. The molecule has 15 heavy (non-hydrogen) atoms. The number of hydrogen-bond acceptors (Lipinski definition) is 5. The van der Waals surface area contributed by atoms with Gasteiger partial charge in [0.2, 0.25) is 11.5 Å². The maximum absolute atomic E-state index is 4.53. The van der Waals surface area contributed by atoms with E-state index >= 15 is 0 Å².